The molecule has 2 bridgehead atoms. The third-order valence-electron chi connectivity index (χ3n) is 13.9. The van der Waals surface area contributed by atoms with Gasteiger partial charge in [0.25, 0.3) is 0 Å². The molecular weight excluding hydrogens is 408 g/mol. The average molecular weight is 457 g/mol. The molecular formula is C30H48O3. The summed E-state index contributed by atoms with van der Waals surface area (Å²) in [5, 5.41) is 22.8. The molecule has 6 aliphatic rings. The van der Waals surface area contributed by atoms with Gasteiger partial charge in [0, 0.05) is 16.7 Å². The highest BCUT2D eigenvalue weighted by molar-refractivity contribution is 5.36. The van der Waals surface area contributed by atoms with Gasteiger partial charge in [-0.05, 0) is 84.9 Å². The summed E-state index contributed by atoms with van der Waals surface area (Å²) < 4.78 is 7.05. The Hall–Kier alpha value is -0.380. The van der Waals surface area contributed by atoms with Crippen LogP contribution in [0.3, 0.4) is 0 Å². The van der Waals surface area contributed by atoms with E-state index in [1.165, 1.54) is 12.8 Å². The highest BCUT2D eigenvalue weighted by atomic mass is 16.5. The highest BCUT2D eigenvalue weighted by Crippen LogP contribution is 2.79. The van der Waals surface area contributed by atoms with Gasteiger partial charge in [-0.2, -0.15) is 0 Å². The van der Waals surface area contributed by atoms with Crippen LogP contribution in [0.15, 0.2) is 12.2 Å². The van der Waals surface area contributed by atoms with Crippen LogP contribution in [0.2, 0.25) is 0 Å². The maximum atomic E-state index is 11.9. The minimum absolute atomic E-state index is 0.0450. The third kappa shape index (κ3) is 2.31. The molecule has 1 spiro atoms. The Morgan fingerprint density at radius 1 is 0.879 bits per heavy atom. The van der Waals surface area contributed by atoms with Gasteiger partial charge >= 0.3 is 0 Å². The summed E-state index contributed by atoms with van der Waals surface area (Å²) in [6.45, 7) is 17.8. The summed E-state index contributed by atoms with van der Waals surface area (Å²) in [4.78, 5) is 0. The van der Waals surface area contributed by atoms with Crippen LogP contribution in [0.1, 0.15) is 93.4 Å². The van der Waals surface area contributed by atoms with E-state index in [0.29, 0.717) is 29.6 Å². The Bertz CT molecular complexity index is 880. The van der Waals surface area contributed by atoms with E-state index in [0.717, 1.165) is 38.7 Å². The van der Waals surface area contributed by atoms with Crippen molar-refractivity contribution in [2.24, 2.45) is 56.7 Å². The van der Waals surface area contributed by atoms with Gasteiger partial charge in [-0.3, -0.25) is 0 Å². The van der Waals surface area contributed by atoms with Gasteiger partial charge in [-0.25, -0.2) is 0 Å². The van der Waals surface area contributed by atoms with Crippen molar-refractivity contribution in [3.05, 3.63) is 12.2 Å². The first kappa shape index (κ1) is 23.0. The fraction of sp³-hybridized carbons (Fsp3) is 0.933. The largest absolute Gasteiger partial charge is 0.393 e. The SMILES string of the molecule is C[C@H]1[C@H](C)CC[C@@]23CO[C@]4(C=C[C@@H]5[C@@]6(C)CC[C@H](O)C(C)(C)[C@@H]6CC[C@@]5(C)[C@]4(C)C[C@@H]2O)[C@H]13. The molecule has 12 atom stereocenters. The van der Waals surface area contributed by atoms with E-state index in [4.69, 9.17) is 4.74 Å². The Kier molecular flexibility index (Phi) is 4.53. The van der Waals surface area contributed by atoms with Gasteiger partial charge in [0.2, 0.25) is 0 Å². The molecule has 0 aromatic carbocycles. The maximum absolute atomic E-state index is 11.9. The highest BCUT2D eigenvalue weighted by Gasteiger charge is 2.79. The van der Waals surface area contributed by atoms with Gasteiger partial charge in [0.15, 0.2) is 0 Å². The zero-order valence-electron chi connectivity index (χ0n) is 22.2. The zero-order valence-corrected chi connectivity index (χ0v) is 22.2. The van der Waals surface area contributed by atoms with E-state index in [9.17, 15) is 10.2 Å². The van der Waals surface area contributed by atoms with E-state index in [-0.39, 0.29) is 44.9 Å². The molecule has 3 heteroatoms. The van der Waals surface area contributed by atoms with Crippen molar-refractivity contribution in [2.75, 3.05) is 6.61 Å². The first-order valence-electron chi connectivity index (χ1n) is 14.0. The standard InChI is InChI=1S/C30H48O3/c1-18-8-14-29-17-33-30(24(29)19(18)2)15-10-21-26(5)12-11-22(31)25(3,4)20(26)9-13-27(21,6)28(30,7)16-23(29)32/h10,15,18-24,31-32H,8-9,11-14,16-17H2,1-7H3/t18-,19+,20+,21-,22+,23+,24-,26+,27-,28+,29-,30-/m1/s1. The van der Waals surface area contributed by atoms with E-state index in [1.807, 2.05) is 0 Å². The lowest BCUT2D eigenvalue weighted by atomic mass is 9.31. The number of allylic oxidation sites excluding steroid dienone is 1. The Morgan fingerprint density at radius 2 is 1.61 bits per heavy atom. The molecule has 4 saturated carbocycles. The molecule has 5 aliphatic carbocycles. The number of ether oxygens (including phenoxy) is 1. The molecule has 0 aromatic heterocycles. The number of aliphatic hydroxyl groups excluding tert-OH is 2. The molecule has 33 heavy (non-hydrogen) atoms. The second-order valence-corrected chi connectivity index (χ2v) is 14.9. The minimum atomic E-state index is -0.266. The molecule has 1 heterocycles. The molecule has 0 unspecified atom stereocenters. The monoisotopic (exact) mass is 456 g/mol. The third-order valence-corrected chi connectivity index (χ3v) is 13.9. The summed E-state index contributed by atoms with van der Waals surface area (Å²) in [5.41, 5.74) is -0.168. The van der Waals surface area contributed by atoms with E-state index in [1.54, 1.807) is 0 Å². The smallest absolute Gasteiger partial charge is 0.0960 e. The number of hydrogen-bond acceptors (Lipinski definition) is 3. The summed E-state index contributed by atoms with van der Waals surface area (Å²) in [5.74, 6) is 2.65. The topological polar surface area (TPSA) is 49.7 Å². The fourth-order valence-electron chi connectivity index (χ4n) is 11.6. The van der Waals surface area contributed by atoms with Crippen LogP contribution >= 0.6 is 0 Å². The van der Waals surface area contributed by atoms with Crippen molar-refractivity contribution >= 4 is 0 Å². The lowest BCUT2D eigenvalue weighted by Gasteiger charge is -2.73. The molecule has 2 N–H and O–H groups in total. The van der Waals surface area contributed by atoms with Crippen molar-refractivity contribution in [1.82, 2.24) is 0 Å². The van der Waals surface area contributed by atoms with Crippen LogP contribution in [-0.2, 0) is 4.74 Å². The van der Waals surface area contributed by atoms with Gasteiger partial charge < -0.3 is 14.9 Å². The second kappa shape index (κ2) is 6.48. The Labute approximate surface area is 201 Å². The molecule has 6 rings (SSSR count). The van der Waals surface area contributed by atoms with Gasteiger partial charge in [-0.15, -0.1) is 0 Å². The molecule has 5 fully saturated rings. The van der Waals surface area contributed by atoms with E-state index in [2.05, 4.69) is 60.6 Å². The predicted molar refractivity (Wildman–Crippen MR) is 131 cm³/mol. The first-order valence-corrected chi connectivity index (χ1v) is 14.0. The number of aliphatic hydroxyl groups is 2. The Morgan fingerprint density at radius 3 is 2.33 bits per heavy atom. The van der Waals surface area contributed by atoms with E-state index < -0.39 is 0 Å². The number of rotatable bonds is 0. The lowest BCUT2D eigenvalue weighted by Crippen LogP contribution is -2.73. The van der Waals surface area contributed by atoms with Crippen LogP contribution in [-0.4, -0.2) is 34.6 Å². The van der Waals surface area contributed by atoms with Crippen LogP contribution in [0.5, 0.6) is 0 Å². The summed E-state index contributed by atoms with van der Waals surface area (Å²) in [6.07, 6.45) is 12.2. The lowest BCUT2D eigenvalue weighted by molar-refractivity contribution is -0.260. The minimum Gasteiger partial charge on any atom is -0.393 e. The predicted octanol–water partition coefficient (Wildman–Crippen LogP) is 5.98. The second-order valence-electron chi connectivity index (χ2n) is 14.9. The maximum Gasteiger partial charge on any atom is 0.0960 e. The number of fused-ring (bicyclic) bond motifs is 4. The van der Waals surface area contributed by atoms with E-state index >= 15 is 0 Å². The van der Waals surface area contributed by atoms with Gasteiger partial charge in [0.05, 0.1) is 24.4 Å². The van der Waals surface area contributed by atoms with Crippen LogP contribution in [0.4, 0.5) is 0 Å². The fourth-order valence-corrected chi connectivity index (χ4v) is 11.6. The molecule has 0 aromatic rings. The van der Waals surface area contributed by atoms with Crippen molar-refractivity contribution < 1.29 is 14.9 Å². The summed E-state index contributed by atoms with van der Waals surface area (Å²) in [6, 6.07) is 0. The van der Waals surface area contributed by atoms with Crippen LogP contribution in [0, 0.1) is 56.7 Å². The van der Waals surface area contributed by atoms with Gasteiger partial charge in [0.1, 0.15) is 0 Å². The number of hydrogen-bond donors (Lipinski definition) is 2. The van der Waals surface area contributed by atoms with Crippen molar-refractivity contribution in [3.8, 4) is 0 Å². The zero-order chi connectivity index (χ0) is 23.8. The van der Waals surface area contributed by atoms with Crippen LogP contribution in [0.25, 0.3) is 0 Å². The molecule has 186 valence electrons. The Balaban J connectivity index is 1.51. The molecule has 3 nitrogen and oxygen atoms in total. The van der Waals surface area contributed by atoms with Crippen molar-refractivity contribution in [1.29, 1.82) is 0 Å². The normalized spacial score (nSPS) is 63.2. The van der Waals surface area contributed by atoms with Crippen LogP contribution < -0.4 is 0 Å². The molecule has 0 amide bonds. The summed E-state index contributed by atoms with van der Waals surface area (Å²) >= 11 is 0. The summed E-state index contributed by atoms with van der Waals surface area (Å²) in [7, 11) is 0. The molecule has 1 saturated heterocycles. The quantitative estimate of drug-likeness (QED) is 0.441. The first-order chi connectivity index (χ1) is 15.3. The average Bonchev–Trinajstić information content (AvgIpc) is 3.05. The van der Waals surface area contributed by atoms with Gasteiger partial charge in [-0.1, -0.05) is 60.6 Å². The molecule has 0 radical (unpaired) electrons. The van der Waals surface area contributed by atoms with Crippen molar-refractivity contribution in [2.45, 2.75) is 111 Å². The van der Waals surface area contributed by atoms with Crippen molar-refractivity contribution in [3.63, 3.8) is 0 Å². The molecule has 1 aliphatic heterocycles.